The molecule has 1 aliphatic rings. The molecule has 0 radical (unpaired) electrons. The minimum Gasteiger partial charge on any atom is -0.316 e. The molecule has 0 spiro atoms. The predicted molar refractivity (Wildman–Crippen MR) is 60.9 cm³/mol. The van der Waals surface area contributed by atoms with E-state index in [-0.39, 0.29) is 0 Å². The van der Waals surface area contributed by atoms with Gasteiger partial charge in [-0.1, -0.05) is 6.07 Å². The number of hydrogen-bond donors (Lipinski definition) is 1. The van der Waals surface area contributed by atoms with Crippen LogP contribution in [-0.2, 0) is 0 Å². The number of thioether (sulfide) groups is 1. The Morgan fingerprint density at radius 1 is 1.57 bits per heavy atom. The quantitative estimate of drug-likeness (QED) is 0.755. The molecule has 0 aromatic carbocycles. The summed E-state index contributed by atoms with van der Waals surface area (Å²) in [4.78, 5) is 4.41. The molecule has 1 unspecified atom stereocenters. The molecule has 0 saturated carbocycles. The van der Waals surface area contributed by atoms with Gasteiger partial charge in [0.15, 0.2) is 0 Å². The molecule has 1 aromatic heterocycles. The second kappa shape index (κ2) is 4.80. The van der Waals surface area contributed by atoms with Crippen molar-refractivity contribution in [3.63, 3.8) is 0 Å². The van der Waals surface area contributed by atoms with Crippen LogP contribution in [0.1, 0.15) is 24.3 Å². The van der Waals surface area contributed by atoms with Crippen LogP contribution < -0.4 is 5.32 Å². The topological polar surface area (TPSA) is 24.9 Å². The normalized spacial score (nSPS) is 22.2. The highest BCUT2D eigenvalue weighted by Gasteiger charge is 2.17. The Bertz CT molecular complexity index is 295. The lowest BCUT2D eigenvalue weighted by Gasteiger charge is -2.24. The van der Waals surface area contributed by atoms with E-state index in [1.807, 2.05) is 12.3 Å². The average molecular weight is 208 g/mol. The van der Waals surface area contributed by atoms with E-state index in [1.54, 1.807) is 11.8 Å². The van der Waals surface area contributed by atoms with E-state index in [2.05, 4.69) is 22.6 Å². The zero-order valence-electron chi connectivity index (χ0n) is 8.49. The summed E-state index contributed by atoms with van der Waals surface area (Å²) in [7, 11) is 0. The number of rotatable bonds is 2. The van der Waals surface area contributed by atoms with Gasteiger partial charge < -0.3 is 5.32 Å². The first kappa shape index (κ1) is 9.99. The van der Waals surface area contributed by atoms with Crippen LogP contribution in [0.25, 0.3) is 0 Å². The number of hydrogen-bond acceptors (Lipinski definition) is 3. The second-order valence-electron chi connectivity index (χ2n) is 3.65. The first-order valence-corrected chi connectivity index (χ1v) is 6.34. The predicted octanol–water partition coefficient (Wildman–Crippen LogP) is 2.27. The van der Waals surface area contributed by atoms with Crippen molar-refractivity contribution in [1.29, 1.82) is 0 Å². The molecule has 1 saturated heterocycles. The summed E-state index contributed by atoms with van der Waals surface area (Å²) in [6.45, 7) is 2.28. The third-order valence-electron chi connectivity index (χ3n) is 2.73. The molecule has 0 bridgehead atoms. The van der Waals surface area contributed by atoms with E-state index >= 15 is 0 Å². The molecular weight excluding hydrogens is 192 g/mol. The maximum absolute atomic E-state index is 4.41. The zero-order chi connectivity index (χ0) is 9.80. The summed E-state index contributed by atoms with van der Waals surface area (Å²) >= 11 is 1.75. The van der Waals surface area contributed by atoms with Gasteiger partial charge in [-0.05, 0) is 43.2 Å². The van der Waals surface area contributed by atoms with Crippen LogP contribution in [0.4, 0.5) is 0 Å². The molecule has 1 fully saturated rings. The van der Waals surface area contributed by atoms with Crippen LogP contribution in [0.15, 0.2) is 23.4 Å². The summed E-state index contributed by atoms with van der Waals surface area (Å²) in [5, 5.41) is 4.64. The van der Waals surface area contributed by atoms with Gasteiger partial charge in [0.2, 0.25) is 0 Å². The molecule has 1 atom stereocenters. The highest BCUT2D eigenvalue weighted by Crippen LogP contribution is 2.29. The second-order valence-corrected chi connectivity index (χ2v) is 4.44. The lowest BCUT2D eigenvalue weighted by atomic mass is 9.93. The fourth-order valence-corrected chi connectivity index (χ4v) is 2.64. The van der Waals surface area contributed by atoms with E-state index in [0.29, 0.717) is 5.92 Å². The molecule has 2 heterocycles. The van der Waals surface area contributed by atoms with Crippen molar-refractivity contribution in [3.05, 3.63) is 23.9 Å². The van der Waals surface area contributed by atoms with Gasteiger partial charge in [-0.3, -0.25) is 0 Å². The van der Waals surface area contributed by atoms with Gasteiger partial charge in [0.25, 0.3) is 0 Å². The van der Waals surface area contributed by atoms with Crippen molar-refractivity contribution < 1.29 is 0 Å². The lowest BCUT2D eigenvalue weighted by molar-refractivity contribution is 0.456. The van der Waals surface area contributed by atoms with E-state index in [4.69, 9.17) is 0 Å². The molecule has 2 nitrogen and oxygen atoms in total. The molecule has 0 aliphatic carbocycles. The van der Waals surface area contributed by atoms with Crippen LogP contribution >= 0.6 is 11.8 Å². The first-order valence-electron chi connectivity index (χ1n) is 5.11. The molecule has 0 amide bonds. The SMILES string of the molecule is CSc1ncccc1C1CCCNC1. The van der Waals surface area contributed by atoms with Gasteiger partial charge in [0.05, 0.1) is 5.03 Å². The van der Waals surface area contributed by atoms with Gasteiger partial charge in [-0.2, -0.15) is 0 Å². The highest BCUT2D eigenvalue weighted by molar-refractivity contribution is 7.98. The number of nitrogens with zero attached hydrogens (tertiary/aromatic N) is 1. The number of aromatic nitrogens is 1. The Kier molecular flexibility index (Phi) is 3.43. The fraction of sp³-hybridized carbons (Fsp3) is 0.545. The summed E-state index contributed by atoms with van der Waals surface area (Å²) < 4.78 is 0. The fourth-order valence-electron chi connectivity index (χ4n) is 2.00. The van der Waals surface area contributed by atoms with E-state index in [0.717, 1.165) is 6.54 Å². The third-order valence-corrected chi connectivity index (χ3v) is 3.46. The monoisotopic (exact) mass is 208 g/mol. The van der Waals surface area contributed by atoms with Gasteiger partial charge >= 0.3 is 0 Å². The smallest absolute Gasteiger partial charge is 0.0992 e. The Balaban J connectivity index is 2.20. The summed E-state index contributed by atoms with van der Waals surface area (Å²) in [6.07, 6.45) is 6.56. The van der Waals surface area contributed by atoms with Crippen LogP contribution in [0.2, 0.25) is 0 Å². The van der Waals surface area contributed by atoms with E-state index in [9.17, 15) is 0 Å². The Labute approximate surface area is 89.5 Å². The minimum absolute atomic E-state index is 0.667. The van der Waals surface area contributed by atoms with Gasteiger partial charge in [0.1, 0.15) is 0 Å². The van der Waals surface area contributed by atoms with Crippen LogP contribution in [0.5, 0.6) is 0 Å². The summed E-state index contributed by atoms with van der Waals surface area (Å²) in [5.74, 6) is 0.667. The van der Waals surface area contributed by atoms with Gasteiger partial charge in [-0.15, -0.1) is 11.8 Å². The average Bonchev–Trinajstić information content (AvgIpc) is 2.30. The molecule has 1 N–H and O–H groups in total. The number of pyridine rings is 1. The van der Waals surface area contributed by atoms with E-state index < -0.39 is 0 Å². The van der Waals surface area contributed by atoms with E-state index in [1.165, 1.54) is 30.0 Å². The number of piperidine rings is 1. The maximum atomic E-state index is 4.41. The molecular formula is C11H16N2S. The number of nitrogens with one attached hydrogen (secondary N) is 1. The first-order chi connectivity index (χ1) is 6.92. The largest absolute Gasteiger partial charge is 0.316 e. The van der Waals surface area contributed by atoms with Crippen LogP contribution in [0.3, 0.4) is 0 Å². The van der Waals surface area contributed by atoms with Crippen molar-refractivity contribution >= 4 is 11.8 Å². The lowest BCUT2D eigenvalue weighted by Crippen LogP contribution is -2.28. The van der Waals surface area contributed by atoms with Gasteiger partial charge in [-0.25, -0.2) is 4.98 Å². The van der Waals surface area contributed by atoms with Crippen LogP contribution in [0, 0.1) is 0 Å². The Morgan fingerprint density at radius 3 is 3.21 bits per heavy atom. The molecule has 1 aliphatic heterocycles. The van der Waals surface area contributed by atoms with Crippen molar-refractivity contribution in [1.82, 2.24) is 10.3 Å². The van der Waals surface area contributed by atoms with Gasteiger partial charge in [0, 0.05) is 12.7 Å². The Hall–Kier alpha value is -0.540. The maximum Gasteiger partial charge on any atom is 0.0992 e. The van der Waals surface area contributed by atoms with Crippen molar-refractivity contribution in [2.75, 3.05) is 19.3 Å². The Morgan fingerprint density at radius 2 is 2.50 bits per heavy atom. The van der Waals surface area contributed by atoms with Crippen molar-refractivity contribution in [2.45, 2.75) is 23.8 Å². The zero-order valence-corrected chi connectivity index (χ0v) is 9.31. The minimum atomic E-state index is 0.667. The molecule has 76 valence electrons. The molecule has 1 aromatic rings. The van der Waals surface area contributed by atoms with Crippen molar-refractivity contribution in [2.24, 2.45) is 0 Å². The molecule has 2 rings (SSSR count). The summed E-state index contributed by atoms with van der Waals surface area (Å²) in [6, 6.07) is 4.26. The van der Waals surface area contributed by atoms with Crippen molar-refractivity contribution in [3.8, 4) is 0 Å². The van der Waals surface area contributed by atoms with Crippen LogP contribution in [-0.4, -0.2) is 24.3 Å². The molecule has 3 heteroatoms. The molecule has 14 heavy (non-hydrogen) atoms. The highest BCUT2D eigenvalue weighted by atomic mass is 32.2. The standard InChI is InChI=1S/C11H16N2S/c1-14-11-10(5-3-7-13-11)9-4-2-6-12-8-9/h3,5,7,9,12H,2,4,6,8H2,1H3. The third kappa shape index (κ3) is 2.10. The summed E-state index contributed by atoms with van der Waals surface area (Å²) in [5.41, 5.74) is 1.42.